The highest BCUT2D eigenvalue weighted by Crippen LogP contribution is 2.31. The molecule has 0 N–H and O–H groups in total. The molecular formula is C10H9ClO2. The van der Waals surface area contributed by atoms with Gasteiger partial charge in [0.25, 0.3) is 0 Å². The number of halogens is 1. The van der Waals surface area contributed by atoms with Gasteiger partial charge in [0.05, 0.1) is 0 Å². The summed E-state index contributed by atoms with van der Waals surface area (Å²) in [4.78, 5) is 11.0. The van der Waals surface area contributed by atoms with Gasteiger partial charge < -0.3 is 4.74 Å². The third-order valence-corrected chi connectivity index (χ3v) is 2.39. The molecule has 1 atom stereocenters. The highest BCUT2D eigenvalue weighted by Gasteiger charge is 2.26. The molecule has 2 rings (SSSR count). The maximum absolute atomic E-state index is 11.0. The van der Waals surface area contributed by atoms with Crippen LogP contribution in [0.5, 0.6) is 5.75 Å². The van der Waals surface area contributed by atoms with Crippen LogP contribution >= 0.6 is 11.6 Å². The van der Waals surface area contributed by atoms with E-state index in [0.29, 0.717) is 11.4 Å². The van der Waals surface area contributed by atoms with E-state index < -0.39 is 0 Å². The zero-order valence-electron chi connectivity index (χ0n) is 7.21. The van der Waals surface area contributed by atoms with Crippen LogP contribution in [-0.2, 0) is 11.2 Å². The molecule has 2 nitrogen and oxygen atoms in total. The Labute approximate surface area is 81.5 Å². The van der Waals surface area contributed by atoms with Gasteiger partial charge in [-0.15, -0.1) is 0 Å². The Balaban J connectivity index is 2.30. The number of ketones is 1. The quantitative estimate of drug-likeness (QED) is 0.689. The number of benzene rings is 1. The Morgan fingerprint density at radius 2 is 2.38 bits per heavy atom. The number of carbonyl (C=O) groups excluding carboxylic acids is 1. The standard InChI is InChI=1S/C10H9ClO2/c1-6(12)10-5-7-4-8(11)2-3-9(7)13-10/h2-4,10H,5H2,1H3. The van der Waals surface area contributed by atoms with Crippen LogP contribution in [0, 0.1) is 0 Å². The topological polar surface area (TPSA) is 26.3 Å². The van der Waals surface area contributed by atoms with Crippen molar-refractivity contribution >= 4 is 17.4 Å². The van der Waals surface area contributed by atoms with Gasteiger partial charge in [-0.1, -0.05) is 11.6 Å². The molecule has 1 aromatic carbocycles. The second-order valence-electron chi connectivity index (χ2n) is 3.17. The molecule has 1 unspecified atom stereocenters. The summed E-state index contributed by atoms with van der Waals surface area (Å²) in [5.41, 5.74) is 1.02. The lowest BCUT2D eigenvalue weighted by atomic mass is 10.1. The largest absolute Gasteiger partial charge is 0.482 e. The molecule has 3 heteroatoms. The molecule has 1 aromatic rings. The van der Waals surface area contributed by atoms with Crippen LogP contribution in [0.15, 0.2) is 18.2 Å². The fraction of sp³-hybridized carbons (Fsp3) is 0.300. The zero-order valence-corrected chi connectivity index (χ0v) is 7.97. The molecule has 0 fully saturated rings. The lowest BCUT2D eigenvalue weighted by Crippen LogP contribution is -2.21. The number of hydrogen-bond acceptors (Lipinski definition) is 2. The zero-order chi connectivity index (χ0) is 9.42. The molecule has 0 aliphatic carbocycles. The van der Waals surface area contributed by atoms with Crippen molar-refractivity contribution in [3.8, 4) is 5.75 Å². The summed E-state index contributed by atoms with van der Waals surface area (Å²) < 4.78 is 5.42. The highest BCUT2D eigenvalue weighted by molar-refractivity contribution is 6.30. The second kappa shape index (κ2) is 3.04. The van der Waals surface area contributed by atoms with Gasteiger partial charge >= 0.3 is 0 Å². The summed E-state index contributed by atoms with van der Waals surface area (Å²) >= 11 is 5.81. The molecule has 0 radical (unpaired) electrons. The van der Waals surface area contributed by atoms with Gasteiger partial charge in [-0.25, -0.2) is 0 Å². The molecular weight excluding hydrogens is 188 g/mol. The first kappa shape index (κ1) is 8.57. The molecule has 0 spiro atoms. The van der Waals surface area contributed by atoms with E-state index in [1.807, 2.05) is 6.07 Å². The summed E-state index contributed by atoms with van der Waals surface area (Å²) in [5, 5.41) is 0.687. The van der Waals surface area contributed by atoms with E-state index in [4.69, 9.17) is 16.3 Å². The van der Waals surface area contributed by atoms with Gasteiger partial charge in [-0.05, 0) is 30.7 Å². The van der Waals surface area contributed by atoms with Gasteiger partial charge in [0, 0.05) is 11.4 Å². The molecule has 0 amide bonds. The van der Waals surface area contributed by atoms with Crippen molar-refractivity contribution in [2.75, 3.05) is 0 Å². The summed E-state index contributed by atoms with van der Waals surface area (Å²) in [6.07, 6.45) is 0.332. The van der Waals surface area contributed by atoms with Crippen molar-refractivity contribution in [2.24, 2.45) is 0 Å². The van der Waals surface area contributed by atoms with Crippen LogP contribution in [-0.4, -0.2) is 11.9 Å². The minimum Gasteiger partial charge on any atom is -0.482 e. The SMILES string of the molecule is CC(=O)C1Cc2cc(Cl)ccc2O1. The number of ether oxygens (including phenoxy) is 1. The first-order valence-corrected chi connectivity index (χ1v) is 4.50. The van der Waals surface area contributed by atoms with Crippen molar-refractivity contribution in [1.82, 2.24) is 0 Å². The van der Waals surface area contributed by atoms with Gasteiger partial charge in [0.15, 0.2) is 11.9 Å². The van der Waals surface area contributed by atoms with Crippen LogP contribution < -0.4 is 4.74 Å². The summed E-state index contributed by atoms with van der Waals surface area (Å²) in [5.74, 6) is 0.844. The van der Waals surface area contributed by atoms with Gasteiger partial charge in [0.1, 0.15) is 5.75 Å². The molecule has 0 bridgehead atoms. The Bertz CT molecular complexity index is 360. The summed E-state index contributed by atoms with van der Waals surface area (Å²) in [6, 6.07) is 5.42. The van der Waals surface area contributed by atoms with Crippen LogP contribution in [0.3, 0.4) is 0 Å². The van der Waals surface area contributed by atoms with Crippen LogP contribution in [0.4, 0.5) is 0 Å². The lowest BCUT2D eigenvalue weighted by Gasteiger charge is -2.04. The summed E-state index contributed by atoms with van der Waals surface area (Å²) in [6.45, 7) is 1.54. The van der Waals surface area contributed by atoms with E-state index in [9.17, 15) is 4.79 Å². The molecule has 0 saturated carbocycles. The van der Waals surface area contributed by atoms with E-state index in [1.54, 1.807) is 12.1 Å². The van der Waals surface area contributed by atoms with E-state index in [1.165, 1.54) is 6.92 Å². The van der Waals surface area contributed by atoms with E-state index >= 15 is 0 Å². The molecule has 1 aliphatic heterocycles. The molecule has 13 heavy (non-hydrogen) atoms. The first-order valence-electron chi connectivity index (χ1n) is 4.12. The monoisotopic (exact) mass is 196 g/mol. The molecule has 0 saturated heterocycles. The van der Waals surface area contributed by atoms with Crippen molar-refractivity contribution in [1.29, 1.82) is 0 Å². The predicted molar refractivity (Wildman–Crippen MR) is 50.3 cm³/mol. The average Bonchev–Trinajstić information content (AvgIpc) is 2.46. The lowest BCUT2D eigenvalue weighted by molar-refractivity contribution is -0.122. The highest BCUT2D eigenvalue weighted by atomic mass is 35.5. The smallest absolute Gasteiger partial charge is 0.170 e. The molecule has 1 heterocycles. The van der Waals surface area contributed by atoms with Gasteiger partial charge in [0.2, 0.25) is 0 Å². The van der Waals surface area contributed by atoms with Crippen molar-refractivity contribution in [3.05, 3.63) is 28.8 Å². The molecule has 68 valence electrons. The molecule has 0 aromatic heterocycles. The molecule has 1 aliphatic rings. The Morgan fingerprint density at radius 1 is 1.62 bits per heavy atom. The Kier molecular flexibility index (Phi) is 2.00. The minimum absolute atomic E-state index is 0.0623. The number of rotatable bonds is 1. The van der Waals surface area contributed by atoms with Crippen molar-refractivity contribution < 1.29 is 9.53 Å². The van der Waals surface area contributed by atoms with Crippen molar-refractivity contribution in [3.63, 3.8) is 0 Å². The third kappa shape index (κ3) is 1.54. The minimum atomic E-state index is -0.312. The van der Waals surface area contributed by atoms with E-state index in [2.05, 4.69) is 0 Å². The van der Waals surface area contributed by atoms with Gasteiger partial charge in [-0.3, -0.25) is 4.79 Å². The Hall–Kier alpha value is -1.02. The normalized spacial score (nSPS) is 19.4. The van der Waals surface area contributed by atoms with E-state index in [0.717, 1.165) is 11.3 Å². The average molecular weight is 197 g/mol. The number of fused-ring (bicyclic) bond motifs is 1. The maximum atomic E-state index is 11.0. The van der Waals surface area contributed by atoms with Crippen LogP contribution in [0.1, 0.15) is 12.5 Å². The van der Waals surface area contributed by atoms with Crippen LogP contribution in [0.2, 0.25) is 5.02 Å². The fourth-order valence-electron chi connectivity index (χ4n) is 1.44. The number of hydrogen-bond donors (Lipinski definition) is 0. The third-order valence-electron chi connectivity index (χ3n) is 2.15. The number of carbonyl (C=O) groups is 1. The first-order chi connectivity index (χ1) is 6.16. The second-order valence-corrected chi connectivity index (χ2v) is 3.61. The van der Waals surface area contributed by atoms with Crippen molar-refractivity contribution in [2.45, 2.75) is 19.4 Å². The number of Topliss-reactive ketones (excluding diaryl/α,β-unsaturated/α-hetero) is 1. The maximum Gasteiger partial charge on any atom is 0.170 e. The van der Waals surface area contributed by atoms with E-state index in [-0.39, 0.29) is 11.9 Å². The summed E-state index contributed by atoms with van der Waals surface area (Å²) in [7, 11) is 0. The predicted octanol–water partition coefficient (Wildman–Crippen LogP) is 2.23. The van der Waals surface area contributed by atoms with Crippen LogP contribution in [0.25, 0.3) is 0 Å². The fourth-order valence-corrected chi connectivity index (χ4v) is 1.64. The Morgan fingerprint density at radius 3 is 3.08 bits per heavy atom. The van der Waals surface area contributed by atoms with Gasteiger partial charge in [-0.2, -0.15) is 0 Å².